The lowest BCUT2D eigenvalue weighted by Gasteiger charge is -2.18. The molecule has 0 bridgehead atoms. The second-order valence-corrected chi connectivity index (χ2v) is 7.64. The van der Waals surface area contributed by atoms with Crippen LogP contribution in [-0.4, -0.2) is 55.3 Å². The first-order valence-corrected chi connectivity index (χ1v) is 10.6. The molecule has 8 nitrogen and oxygen atoms in total. The number of ether oxygens (including phenoxy) is 3. The van der Waals surface area contributed by atoms with E-state index in [0.29, 0.717) is 41.9 Å². The van der Waals surface area contributed by atoms with Crippen molar-refractivity contribution >= 4 is 29.6 Å². The van der Waals surface area contributed by atoms with Gasteiger partial charge in [0.05, 0.1) is 19.3 Å². The Hall–Kier alpha value is -2.26. The third-order valence-corrected chi connectivity index (χ3v) is 5.60. The Labute approximate surface area is 174 Å². The van der Waals surface area contributed by atoms with Gasteiger partial charge in [-0.15, -0.1) is 0 Å². The monoisotopic (exact) mass is 425 g/mol. The molecular weight excluding hydrogens is 398 g/mol. The van der Waals surface area contributed by atoms with Crippen LogP contribution in [0.15, 0.2) is 12.1 Å². The molecule has 0 saturated heterocycles. The normalized spacial score (nSPS) is 19.1. The minimum atomic E-state index is -0.787. The van der Waals surface area contributed by atoms with E-state index >= 15 is 0 Å². The van der Waals surface area contributed by atoms with Gasteiger partial charge in [0.2, 0.25) is 5.91 Å². The minimum absolute atomic E-state index is 0.214. The van der Waals surface area contributed by atoms with Crippen LogP contribution in [0.25, 0.3) is 0 Å². The van der Waals surface area contributed by atoms with Crippen LogP contribution >= 0.6 is 11.8 Å². The molecule has 2 N–H and O–H groups in total. The summed E-state index contributed by atoms with van der Waals surface area (Å²) in [5.74, 6) is -0.223. The molecule has 1 heterocycles. The number of fused-ring (bicyclic) bond motifs is 1. The lowest BCUT2D eigenvalue weighted by molar-refractivity contribution is -0.144. The maximum Gasteiger partial charge on any atom is 0.338 e. The summed E-state index contributed by atoms with van der Waals surface area (Å²) in [6.07, 6.45) is 2.28. The summed E-state index contributed by atoms with van der Waals surface area (Å²) in [6.45, 7) is 1.53. The smallest absolute Gasteiger partial charge is 0.338 e. The molecule has 1 atom stereocenters. The number of benzene rings is 1. The highest BCUT2D eigenvalue weighted by Crippen LogP contribution is 2.30. The van der Waals surface area contributed by atoms with E-state index in [0.717, 1.165) is 12.0 Å². The second-order valence-electron chi connectivity index (χ2n) is 6.61. The van der Waals surface area contributed by atoms with Crippen molar-refractivity contribution in [2.75, 3.05) is 26.3 Å². The lowest BCUT2D eigenvalue weighted by Crippen LogP contribution is -2.43. The SMILES string of the molecule is COC(=O)[C@@H]1CSCc2c(OCO)ccc(C)c2C(=O)OCCCCCC(=O)N1. The number of hydrogen-bond acceptors (Lipinski definition) is 8. The van der Waals surface area contributed by atoms with Crippen molar-refractivity contribution < 1.29 is 33.7 Å². The molecule has 1 amide bonds. The standard InChI is InChI=1S/C20H27NO7S/c1-13-7-8-16(28-12-22)14-10-29-11-15(19(24)26-2)21-17(23)6-4-3-5-9-27-20(25)18(13)14/h7-8,15,22H,3-6,9-12H2,1-2H3,(H,21,23)/t15-/m0/s1. The Bertz CT molecular complexity index is 738. The summed E-state index contributed by atoms with van der Waals surface area (Å²) in [5.41, 5.74) is 1.72. The number of aliphatic hydroxyl groups excluding tert-OH is 1. The molecule has 29 heavy (non-hydrogen) atoms. The molecule has 1 aromatic rings. The van der Waals surface area contributed by atoms with E-state index < -0.39 is 24.8 Å². The minimum Gasteiger partial charge on any atom is -0.467 e. The van der Waals surface area contributed by atoms with E-state index in [1.165, 1.54) is 18.9 Å². The van der Waals surface area contributed by atoms with E-state index in [4.69, 9.17) is 14.2 Å². The van der Waals surface area contributed by atoms with Gasteiger partial charge in [0, 0.05) is 23.5 Å². The molecule has 1 aliphatic rings. The number of hydrogen-bond donors (Lipinski definition) is 2. The predicted octanol–water partition coefficient (Wildman–Crippen LogP) is 1.95. The van der Waals surface area contributed by atoms with Crippen LogP contribution in [-0.2, 0) is 24.8 Å². The van der Waals surface area contributed by atoms with Crippen LogP contribution in [0.5, 0.6) is 5.75 Å². The van der Waals surface area contributed by atoms with Crippen LogP contribution < -0.4 is 10.1 Å². The van der Waals surface area contributed by atoms with E-state index in [-0.39, 0.29) is 18.3 Å². The molecule has 0 radical (unpaired) electrons. The lowest BCUT2D eigenvalue weighted by atomic mass is 10.0. The fourth-order valence-corrected chi connectivity index (χ4v) is 4.10. The number of nitrogens with one attached hydrogen (secondary N) is 1. The van der Waals surface area contributed by atoms with Crippen molar-refractivity contribution in [3.8, 4) is 5.75 Å². The maximum atomic E-state index is 12.7. The van der Waals surface area contributed by atoms with Gasteiger partial charge in [0.1, 0.15) is 11.8 Å². The average molecular weight is 426 g/mol. The molecule has 1 aliphatic heterocycles. The summed E-state index contributed by atoms with van der Waals surface area (Å²) in [5, 5.41) is 11.9. The average Bonchev–Trinajstić information content (AvgIpc) is 2.70. The van der Waals surface area contributed by atoms with Gasteiger partial charge in [-0.1, -0.05) is 6.07 Å². The number of methoxy groups -OCH3 is 1. The molecule has 160 valence electrons. The van der Waals surface area contributed by atoms with Crippen molar-refractivity contribution in [1.29, 1.82) is 0 Å². The van der Waals surface area contributed by atoms with Crippen molar-refractivity contribution in [3.05, 3.63) is 28.8 Å². The van der Waals surface area contributed by atoms with E-state index in [1.807, 2.05) is 0 Å². The number of aliphatic hydroxyl groups is 1. The fraction of sp³-hybridized carbons (Fsp3) is 0.550. The van der Waals surface area contributed by atoms with Gasteiger partial charge in [0.25, 0.3) is 0 Å². The highest BCUT2D eigenvalue weighted by molar-refractivity contribution is 7.98. The number of aryl methyl sites for hydroxylation is 1. The number of thioether (sulfide) groups is 1. The van der Waals surface area contributed by atoms with Crippen LogP contribution in [0.2, 0.25) is 0 Å². The van der Waals surface area contributed by atoms with Gasteiger partial charge < -0.3 is 24.6 Å². The number of esters is 2. The summed E-state index contributed by atoms with van der Waals surface area (Å²) in [7, 11) is 1.27. The number of carbonyl (C=O) groups is 3. The van der Waals surface area contributed by atoms with E-state index in [9.17, 15) is 19.5 Å². The molecule has 0 aromatic heterocycles. The zero-order valence-electron chi connectivity index (χ0n) is 16.7. The molecule has 0 fully saturated rings. The first-order chi connectivity index (χ1) is 14.0. The molecule has 0 unspecified atom stereocenters. The van der Waals surface area contributed by atoms with Crippen molar-refractivity contribution in [1.82, 2.24) is 5.32 Å². The number of rotatable bonds is 3. The molecular formula is C20H27NO7S. The largest absolute Gasteiger partial charge is 0.467 e. The van der Waals surface area contributed by atoms with Gasteiger partial charge in [-0.05, 0) is 37.8 Å². The molecule has 0 saturated carbocycles. The Balaban J connectivity index is 2.32. The quantitative estimate of drug-likeness (QED) is 0.558. The van der Waals surface area contributed by atoms with Gasteiger partial charge in [-0.25, -0.2) is 9.59 Å². The van der Waals surface area contributed by atoms with Crippen molar-refractivity contribution in [3.63, 3.8) is 0 Å². The zero-order valence-corrected chi connectivity index (χ0v) is 17.5. The van der Waals surface area contributed by atoms with Crippen LogP contribution in [0.3, 0.4) is 0 Å². The number of cyclic esters (lactones) is 1. The third kappa shape index (κ3) is 6.64. The molecule has 2 rings (SSSR count). The first-order valence-electron chi connectivity index (χ1n) is 9.46. The Morgan fingerprint density at radius 3 is 2.83 bits per heavy atom. The van der Waals surface area contributed by atoms with Crippen molar-refractivity contribution in [2.45, 2.75) is 44.4 Å². The molecule has 9 heteroatoms. The highest BCUT2D eigenvalue weighted by Gasteiger charge is 2.24. The Morgan fingerprint density at radius 1 is 1.31 bits per heavy atom. The topological polar surface area (TPSA) is 111 Å². The molecule has 0 spiro atoms. The van der Waals surface area contributed by atoms with Gasteiger partial charge in [-0.3, -0.25) is 4.79 Å². The van der Waals surface area contributed by atoms with Crippen molar-refractivity contribution in [2.24, 2.45) is 0 Å². The summed E-state index contributed by atoms with van der Waals surface area (Å²) < 4.78 is 15.5. The maximum absolute atomic E-state index is 12.7. The van der Waals surface area contributed by atoms with Gasteiger partial charge in [-0.2, -0.15) is 11.8 Å². The summed E-state index contributed by atoms with van der Waals surface area (Å²) in [6, 6.07) is 2.64. The van der Waals surface area contributed by atoms with Crippen LogP contribution in [0, 0.1) is 6.92 Å². The first kappa shape index (κ1) is 23.0. The predicted molar refractivity (Wildman–Crippen MR) is 108 cm³/mol. The molecule has 1 aromatic carbocycles. The third-order valence-electron chi connectivity index (χ3n) is 4.54. The summed E-state index contributed by atoms with van der Waals surface area (Å²) >= 11 is 1.35. The van der Waals surface area contributed by atoms with Crippen LogP contribution in [0.4, 0.5) is 0 Å². The van der Waals surface area contributed by atoms with Crippen LogP contribution in [0.1, 0.15) is 47.2 Å². The Kier molecular flexibility index (Phi) is 9.27. The number of carbonyl (C=O) groups excluding carboxylic acids is 3. The second kappa shape index (κ2) is 11.7. The fourth-order valence-electron chi connectivity index (χ4n) is 3.04. The van der Waals surface area contributed by atoms with E-state index in [1.54, 1.807) is 19.1 Å². The van der Waals surface area contributed by atoms with Gasteiger partial charge >= 0.3 is 11.9 Å². The van der Waals surface area contributed by atoms with E-state index in [2.05, 4.69) is 5.32 Å². The zero-order chi connectivity index (χ0) is 21.2. The summed E-state index contributed by atoms with van der Waals surface area (Å²) in [4.78, 5) is 36.9. The number of amides is 1. The molecule has 0 aliphatic carbocycles. The highest BCUT2D eigenvalue weighted by atomic mass is 32.2. The van der Waals surface area contributed by atoms with Gasteiger partial charge in [0.15, 0.2) is 6.79 Å². The Morgan fingerprint density at radius 2 is 2.10 bits per heavy atom.